The molecule has 3 rings (SSSR count). The van der Waals surface area contributed by atoms with Crippen LogP contribution >= 0.6 is 77.0 Å². The molecule has 3 aromatic rings. The van der Waals surface area contributed by atoms with Crippen LogP contribution in [-0.4, -0.2) is 18.7 Å². The van der Waals surface area contributed by atoms with Gasteiger partial charge in [-0.15, -0.1) is 6.42 Å². The van der Waals surface area contributed by atoms with Crippen molar-refractivity contribution in [3.63, 3.8) is 0 Å². The maximum absolute atomic E-state index is 12.3. The Bertz CT molecular complexity index is 1110. The highest BCUT2D eigenvalue weighted by Gasteiger charge is 2.14. The van der Waals surface area contributed by atoms with Crippen LogP contribution in [0.3, 0.4) is 0 Å². The zero-order valence-electron chi connectivity index (χ0n) is 13.9. The Morgan fingerprint density at radius 1 is 1.25 bits per heavy atom. The van der Waals surface area contributed by atoms with E-state index in [2.05, 4.69) is 93.5 Å². The number of furan rings is 1. The number of hydrazone groups is 1. The number of nitrogens with one attached hydrogen (secondary N) is 1. The van der Waals surface area contributed by atoms with Gasteiger partial charge in [-0.3, -0.25) is 4.79 Å². The van der Waals surface area contributed by atoms with Gasteiger partial charge < -0.3 is 9.15 Å². The summed E-state index contributed by atoms with van der Waals surface area (Å²) in [5.41, 5.74) is 3.90. The molecule has 0 aliphatic carbocycles. The lowest BCUT2D eigenvalue weighted by molar-refractivity contribution is 0.0929. The molecule has 0 atom stereocenters. The third-order valence-corrected chi connectivity index (χ3v) is 6.11. The first-order chi connectivity index (χ1) is 13.4. The second kappa shape index (κ2) is 9.60. The normalized spacial score (nSPS) is 11.0. The number of carbonyl (C=O) groups is 1. The molecular weight excluding hydrogens is 718 g/mol. The minimum Gasteiger partial charge on any atom is -0.479 e. The number of terminal acetylenes is 1. The molecule has 0 saturated heterocycles. The molecule has 1 N–H and O–H groups in total. The van der Waals surface area contributed by atoms with E-state index >= 15 is 0 Å². The van der Waals surface area contributed by atoms with Gasteiger partial charge >= 0.3 is 5.91 Å². The van der Waals surface area contributed by atoms with E-state index in [1.807, 2.05) is 24.3 Å². The summed E-state index contributed by atoms with van der Waals surface area (Å²) in [6, 6.07) is 9.17. The molecule has 1 heterocycles. The fourth-order valence-corrected chi connectivity index (χ4v) is 5.78. The van der Waals surface area contributed by atoms with E-state index < -0.39 is 5.91 Å². The molecule has 1 amide bonds. The summed E-state index contributed by atoms with van der Waals surface area (Å²) in [4.78, 5) is 12.3. The molecule has 0 aliphatic heterocycles. The van der Waals surface area contributed by atoms with E-state index in [-0.39, 0.29) is 12.4 Å². The van der Waals surface area contributed by atoms with Crippen molar-refractivity contribution in [1.29, 1.82) is 0 Å². The molecule has 0 spiro atoms. The highest BCUT2D eigenvalue weighted by molar-refractivity contribution is 14.1. The van der Waals surface area contributed by atoms with Crippen LogP contribution in [0.1, 0.15) is 16.1 Å². The van der Waals surface area contributed by atoms with Crippen molar-refractivity contribution in [2.75, 3.05) is 6.61 Å². The first-order valence-electron chi connectivity index (χ1n) is 7.66. The number of benzene rings is 2. The minimum absolute atomic E-state index is 0.174. The number of ether oxygens (including phenoxy) is 1. The van der Waals surface area contributed by atoms with Gasteiger partial charge in [-0.2, -0.15) is 5.10 Å². The smallest absolute Gasteiger partial charge is 0.307 e. The predicted molar refractivity (Wildman–Crippen MR) is 133 cm³/mol. The quantitative estimate of drug-likeness (QED) is 0.153. The Hall–Kier alpha value is -1.10. The second-order valence-electron chi connectivity index (χ2n) is 5.42. The SMILES string of the molecule is C#CCOc1c(I)cc(/C=N\NC(=O)c2cc3cc(Br)cc(Br)c3o2)cc1I. The van der Waals surface area contributed by atoms with Crippen LogP contribution in [0.25, 0.3) is 11.0 Å². The Balaban J connectivity index is 1.73. The van der Waals surface area contributed by atoms with Crippen LogP contribution in [0.15, 0.2) is 48.8 Å². The lowest BCUT2D eigenvalue weighted by Crippen LogP contribution is -2.16. The number of fused-ring (bicyclic) bond motifs is 1. The zero-order valence-corrected chi connectivity index (χ0v) is 21.4. The molecule has 9 heteroatoms. The standard InChI is InChI=1S/C19H10Br2I2N2O3/c1-2-3-27-18-14(22)4-10(5-15(18)23)9-24-25-19(26)16-7-11-6-12(20)8-13(21)17(11)28-16/h1,4-9H,3H2,(H,25,26)/b24-9-. The summed E-state index contributed by atoms with van der Waals surface area (Å²) in [7, 11) is 0. The topological polar surface area (TPSA) is 63.8 Å². The van der Waals surface area contributed by atoms with E-state index in [9.17, 15) is 4.79 Å². The minimum atomic E-state index is -0.436. The summed E-state index contributed by atoms with van der Waals surface area (Å²) < 4.78 is 14.6. The van der Waals surface area contributed by atoms with Crippen molar-refractivity contribution in [3.8, 4) is 18.1 Å². The van der Waals surface area contributed by atoms with Crippen molar-refractivity contribution in [3.05, 3.63) is 57.7 Å². The van der Waals surface area contributed by atoms with Gasteiger partial charge in [0.2, 0.25) is 0 Å². The monoisotopic (exact) mass is 726 g/mol. The summed E-state index contributed by atoms with van der Waals surface area (Å²) in [6.45, 7) is 0.208. The molecule has 142 valence electrons. The molecule has 28 heavy (non-hydrogen) atoms. The van der Waals surface area contributed by atoms with Gasteiger partial charge in [0, 0.05) is 9.86 Å². The Labute approximate surface area is 205 Å². The Morgan fingerprint density at radius 2 is 1.96 bits per heavy atom. The molecule has 0 saturated carbocycles. The Kier molecular flexibility index (Phi) is 7.41. The predicted octanol–water partition coefficient (Wildman–Crippen LogP) is 5.94. The maximum Gasteiger partial charge on any atom is 0.307 e. The van der Waals surface area contributed by atoms with Crippen LogP contribution in [0.2, 0.25) is 0 Å². The van der Waals surface area contributed by atoms with Crippen molar-refractivity contribution in [1.82, 2.24) is 5.43 Å². The maximum atomic E-state index is 12.3. The number of carbonyl (C=O) groups excluding carboxylic acids is 1. The third kappa shape index (κ3) is 5.08. The summed E-state index contributed by atoms with van der Waals surface area (Å²) in [6.07, 6.45) is 6.79. The average molecular weight is 728 g/mol. The van der Waals surface area contributed by atoms with Crippen LogP contribution in [0.4, 0.5) is 0 Å². The van der Waals surface area contributed by atoms with Gasteiger partial charge in [0.05, 0.1) is 17.8 Å². The van der Waals surface area contributed by atoms with Gasteiger partial charge in [0.15, 0.2) is 5.76 Å². The van der Waals surface area contributed by atoms with Crippen molar-refractivity contribution in [2.45, 2.75) is 0 Å². The highest BCUT2D eigenvalue weighted by atomic mass is 127. The first-order valence-corrected chi connectivity index (χ1v) is 11.4. The van der Waals surface area contributed by atoms with Crippen LogP contribution in [0.5, 0.6) is 5.75 Å². The molecule has 5 nitrogen and oxygen atoms in total. The van der Waals surface area contributed by atoms with Crippen molar-refractivity contribution < 1.29 is 13.9 Å². The lowest BCUT2D eigenvalue weighted by Gasteiger charge is -2.08. The number of halogens is 4. The van der Waals surface area contributed by atoms with E-state index in [0.717, 1.165) is 32.8 Å². The van der Waals surface area contributed by atoms with Gasteiger partial charge in [-0.1, -0.05) is 21.9 Å². The fraction of sp³-hybridized carbons (Fsp3) is 0.0526. The molecule has 0 fully saturated rings. The number of hydrogen-bond acceptors (Lipinski definition) is 4. The van der Waals surface area contributed by atoms with Crippen LogP contribution in [-0.2, 0) is 0 Å². The van der Waals surface area contributed by atoms with Crippen LogP contribution in [0, 0.1) is 19.5 Å². The van der Waals surface area contributed by atoms with E-state index in [1.165, 1.54) is 0 Å². The van der Waals surface area contributed by atoms with Gasteiger partial charge in [-0.05, 0) is 97.0 Å². The molecular formula is C19H10Br2I2N2O3. The first kappa shape index (κ1) is 21.6. The number of amides is 1. The summed E-state index contributed by atoms with van der Waals surface area (Å²) in [5.74, 6) is 2.92. The highest BCUT2D eigenvalue weighted by Crippen LogP contribution is 2.31. The second-order valence-corrected chi connectivity index (χ2v) is 9.52. The number of hydrogen-bond donors (Lipinski definition) is 1. The zero-order chi connectivity index (χ0) is 20.3. The number of nitrogens with zero attached hydrogens (tertiary/aromatic N) is 1. The van der Waals surface area contributed by atoms with Crippen molar-refractivity contribution in [2.24, 2.45) is 5.10 Å². The fourth-order valence-electron chi connectivity index (χ4n) is 2.31. The summed E-state index contributed by atoms with van der Waals surface area (Å²) in [5, 5.41) is 4.82. The van der Waals surface area contributed by atoms with Crippen LogP contribution < -0.4 is 10.2 Å². The average Bonchev–Trinajstić information content (AvgIpc) is 3.05. The van der Waals surface area contributed by atoms with E-state index in [0.29, 0.717) is 5.58 Å². The molecule has 0 unspecified atom stereocenters. The van der Waals surface area contributed by atoms with E-state index in [4.69, 9.17) is 15.6 Å². The van der Waals surface area contributed by atoms with Gasteiger partial charge in [0.1, 0.15) is 17.9 Å². The lowest BCUT2D eigenvalue weighted by atomic mass is 10.2. The molecule has 0 aliphatic rings. The van der Waals surface area contributed by atoms with Gasteiger partial charge in [0.25, 0.3) is 0 Å². The molecule has 0 radical (unpaired) electrons. The van der Waals surface area contributed by atoms with Gasteiger partial charge in [-0.25, -0.2) is 5.43 Å². The molecule has 0 bridgehead atoms. The largest absolute Gasteiger partial charge is 0.479 e. The number of rotatable bonds is 5. The molecule has 2 aromatic carbocycles. The third-order valence-electron chi connectivity index (χ3n) is 3.46. The summed E-state index contributed by atoms with van der Waals surface area (Å²) >= 11 is 11.2. The van der Waals surface area contributed by atoms with Crippen molar-refractivity contribution >= 4 is 100 Å². The Morgan fingerprint density at radius 3 is 2.64 bits per heavy atom. The molecule has 1 aromatic heterocycles. The van der Waals surface area contributed by atoms with E-state index in [1.54, 1.807) is 12.3 Å².